The van der Waals surface area contributed by atoms with Crippen LogP contribution in [0.2, 0.25) is 0 Å². The van der Waals surface area contributed by atoms with E-state index in [2.05, 4.69) is 16.0 Å². The lowest BCUT2D eigenvalue weighted by molar-refractivity contribution is -0.143. The molecule has 12 heteroatoms. The van der Waals surface area contributed by atoms with Crippen LogP contribution in [0.3, 0.4) is 0 Å². The van der Waals surface area contributed by atoms with E-state index in [9.17, 15) is 29.1 Å². The van der Waals surface area contributed by atoms with Gasteiger partial charge in [-0.05, 0) is 43.1 Å². The maximum atomic E-state index is 13.1. The minimum absolute atomic E-state index is 0.169. The third kappa shape index (κ3) is 12.2. The van der Waals surface area contributed by atoms with E-state index in [1.807, 2.05) is 27.0 Å². The fraction of sp³-hybridized carbons (Fsp3) is 0.773. The first-order valence-electron chi connectivity index (χ1n) is 11.5. The summed E-state index contributed by atoms with van der Waals surface area (Å²) in [5, 5.41) is 17.1. The minimum Gasteiger partial charge on any atom is -0.480 e. The molecule has 0 aliphatic heterocycles. The van der Waals surface area contributed by atoms with Crippen LogP contribution in [0, 0.1) is 11.8 Å². The van der Waals surface area contributed by atoms with Gasteiger partial charge in [-0.2, -0.15) is 11.8 Å². The third-order valence-corrected chi connectivity index (χ3v) is 6.04. The Bertz CT molecular complexity index is 705. The quantitative estimate of drug-likeness (QED) is 0.159. The number of carboxylic acid groups (broad SMARTS) is 1. The Morgan fingerprint density at radius 1 is 0.912 bits per heavy atom. The molecule has 0 aromatic heterocycles. The van der Waals surface area contributed by atoms with Gasteiger partial charge in [0.2, 0.25) is 23.6 Å². The Kier molecular flexibility index (Phi) is 15.2. The zero-order valence-electron chi connectivity index (χ0n) is 20.8. The average molecular weight is 504 g/mol. The molecule has 0 aliphatic carbocycles. The number of nitrogens with two attached hydrogens (primary N) is 2. The maximum Gasteiger partial charge on any atom is 0.326 e. The van der Waals surface area contributed by atoms with Crippen LogP contribution >= 0.6 is 11.8 Å². The van der Waals surface area contributed by atoms with E-state index >= 15 is 0 Å². The largest absolute Gasteiger partial charge is 0.480 e. The lowest BCUT2D eigenvalue weighted by Crippen LogP contribution is -2.58. The molecule has 0 bridgehead atoms. The summed E-state index contributed by atoms with van der Waals surface area (Å²) in [7, 11) is 0. The second-order valence-electron chi connectivity index (χ2n) is 8.85. The van der Waals surface area contributed by atoms with Crippen molar-refractivity contribution >= 4 is 41.4 Å². The summed E-state index contributed by atoms with van der Waals surface area (Å²) in [6.45, 7) is 7.46. The Balaban J connectivity index is 5.51. The van der Waals surface area contributed by atoms with Gasteiger partial charge >= 0.3 is 5.97 Å². The van der Waals surface area contributed by atoms with E-state index in [0.29, 0.717) is 25.0 Å². The van der Waals surface area contributed by atoms with Gasteiger partial charge in [0.05, 0.1) is 6.04 Å². The highest BCUT2D eigenvalue weighted by Gasteiger charge is 2.32. The van der Waals surface area contributed by atoms with Crippen LogP contribution in [-0.4, -0.2) is 70.9 Å². The standard InChI is InChI=1S/C22H41N5O6S/c1-6-13(4)18(21(31)26-16(22(32)33)7-8-17(24)28)27-20(30)15(9-10-34-5)25-19(29)14(23)11-12(2)3/h12-16,18H,6-11,23H2,1-5H3,(H2,24,28)(H,25,29)(H,26,31)(H,27,30)(H,32,33). The number of hydrogen-bond acceptors (Lipinski definition) is 7. The number of rotatable bonds is 17. The molecule has 5 atom stereocenters. The van der Waals surface area contributed by atoms with Gasteiger partial charge in [-0.1, -0.05) is 34.1 Å². The molecule has 0 aromatic rings. The van der Waals surface area contributed by atoms with Crippen molar-refractivity contribution in [3.05, 3.63) is 0 Å². The van der Waals surface area contributed by atoms with E-state index in [1.54, 1.807) is 6.92 Å². The van der Waals surface area contributed by atoms with E-state index < -0.39 is 53.8 Å². The molecular weight excluding hydrogens is 462 g/mol. The smallest absolute Gasteiger partial charge is 0.326 e. The van der Waals surface area contributed by atoms with Gasteiger partial charge in [0, 0.05) is 6.42 Å². The molecule has 8 N–H and O–H groups in total. The number of amides is 4. The van der Waals surface area contributed by atoms with Crippen LogP contribution in [0.5, 0.6) is 0 Å². The number of carbonyl (C=O) groups is 5. The Labute approximate surface area is 205 Å². The summed E-state index contributed by atoms with van der Waals surface area (Å²) >= 11 is 1.50. The second kappa shape index (κ2) is 16.3. The molecule has 34 heavy (non-hydrogen) atoms. The highest BCUT2D eigenvalue weighted by atomic mass is 32.2. The SMILES string of the molecule is CCC(C)C(NC(=O)C(CCSC)NC(=O)C(N)CC(C)C)C(=O)NC(CCC(N)=O)C(=O)O. The molecule has 4 amide bonds. The lowest BCUT2D eigenvalue weighted by Gasteiger charge is -2.28. The zero-order chi connectivity index (χ0) is 26.4. The first-order chi connectivity index (χ1) is 15.8. The van der Waals surface area contributed by atoms with Gasteiger partial charge < -0.3 is 32.5 Å². The van der Waals surface area contributed by atoms with Crippen LogP contribution in [0.25, 0.3) is 0 Å². The number of aliphatic carboxylic acids is 1. The lowest BCUT2D eigenvalue weighted by atomic mass is 9.97. The molecule has 11 nitrogen and oxygen atoms in total. The van der Waals surface area contributed by atoms with Crippen molar-refractivity contribution < 1.29 is 29.1 Å². The van der Waals surface area contributed by atoms with Crippen LogP contribution in [0.4, 0.5) is 0 Å². The number of nitrogens with one attached hydrogen (secondary N) is 3. The molecule has 0 fully saturated rings. The Morgan fingerprint density at radius 3 is 1.97 bits per heavy atom. The first-order valence-corrected chi connectivity index (χ1v) is 12.9. The monoisotopic (exact) mass is 503 g/mol. The minimum atomic E-state index is -1.33. The van der Waals surface area contributed by atoms with E-state index in [4.69, 9.17) is 11.5 Å². The van der Waals surface area contributed by atoms with Crippen LogP contribution in [-0.2, 0) is 24.0 Å². The normalized spacial score (nSPS) is 15.5. The van der Waals surface area contributed by atoms with Crippen LogP contribution in [0.15, 0.2) is 0 Å². The van der Waals surface area contributed by atoms with Crippen molar-refractivity contribution in [2.24, 2.45) is 23.3 Å². The number of hydrogen-bond donors (Lipinski definition) is 6. The molecule has 5 unspecified atom stereocenters. The molecule has 0 aliphatic rings. The summed E-state index contributed by atoms with van der Waals surface area (Å²) in [5.74, 6) is -3.22. The molecule has 0 heterocycles. The van der Waals surface area contributed by atoms with Gasteiger partial charge in [0.15, 0.2) is 0 Å². The Morgan fingerprint density at radius 2 is 1.50 bits per heavy atom. The highest BCUT2D eigenvalue weighted by molar-refractivity contribution is 7.98. The van der Waals surface area contributed by atoms with Crippen LogP contribution in [0.1, 0.15) is 59.8 Å². The fourth-order valence-electron chi connectivity index (χ4n) is 3.16. The Hall–Kier alpha value is -2.34. The summed E-state index contributed by atoms with van der Waals surface area (Å²) in [6, 6.07) is -4.03. The maximum absolute atomic E-state index is 13.1. The van der Waals surface area contributed by atoms with Crippen molar-refractivity contribution in [1.82, 2.24) is 16.0 Å². The molecule has 0 saturated carbocycles. The number of carboxylic acids is 1. The predicted molar refractivity (Wildman–Crippen MR) is 132 cm³/mol. The molecule has 0 radical (unpaired) electrons. The third-order valence-electron chi connectivity index (χ3n) is 5.39. The molecule has 196 valence electrons. The molecular formula is C22H41N5O6S. The number of primary amides is 1. The summed E-state index contributed by atoms with van der Waals surface area (Å²) in [5.41, 5.74) is 11.0. The fourth-order valence-corrected chi connectivity index (χ4v) is 3.63. The van der Waals surface area contributed by atoms with E-state index in [-0.39, 0.29) is 24.7 Å². The van der Waals surface area contributed by atoms with E-state index in [0.717, 1.165) is 0 Å². The van der Waals surface area contributed by atoms with Crippen molar-refractivity contribution in [2.75, 3.05) is 12.0 Å². The van der Waals surface area contributed by atoms with Crippen molar-refractivity contribution in [2.45, 2.75) is 84.0 Å². The van der Waals surface area contributed by atoms with Gasteiger partial charge in [-0.25, -0.2) is 4.79 Å². The molecule has 0 rings (SSSR count). The van der Waals surface area contributed by atoms with Crippen molar-refractivity contribution in [3.8, 4) is 0 Å². The van der Waals surface area contributed by atoms with Crippen LogP contribution < -0.4 is 27.4 Å². The van der Waals surface area contributed by atoms with Crippen molar-refractivity contribution in [1.29, 1.82) is 0 Å². The summed E-state index contributed by atoms with van der Waals surface area (Å²) < 4.78 is 0. The van der Waals surface area contributed by atoms with Gasteiger partial charge in [-0.15, -0.1) is 0 Å². The summed E-state index contributed by atoms with van der Waals surface area (Å²) in [4.78, 5) is 61.0. The molecule has 0 aromatic carbocycles. The molecule has 0 saturated heterocycles. The predicted octanol–water partition coefficient (Wildman–Crippen LogP) is -0.0365. The molecule has 0 spiro atoms. The van der Waals surface area contributed by atoms with Gasteiger partial charge in [-0.3, -0.25) is 19.2 Å². The zero-order valence-corrected chi connectivity index (χ0v) is 21.6. The number of thioether (sulfide) groups is 1. The van der Waals surface area contributed by atoms with Crippen molar-refractivity contribution in [3.63, 3.8) is 0 Å². The first kappa shape index (κ1) is 31.7. The second-order valence-corrected chi connectivity index (χ2v) is 9.84. The summed E-state index contributed by atoms with van der Waals surface area (Å²) in [6.07, 6.45) is 2.81. The highest BCUT2D eigenvalue weighted by Crippen LogP contribution is 2.11. The van der Waals surface area contributed by atoms with Gasteiger partial charge in [0.1, 0.15) is 18.1 Å². The average Bonchev–Trinajstić information content (AvgIpc) is 2.75. The topological polar surface area (TPSA) is 194 Å². The number of carbonyl (C=O) groups excluding carboxylic acids is 4. The van der Waals surface area contributed by atoms with Gasteiger partial charge in [0.25, 0.3) is 0 Å². The van der Waals surface area contributed by atoms with E-state index in [1.165, 1.54) is 11.8 Å².